The van der Waals surface area contributed by atoms with Gasteiger partial charge in [0, 0.05) is 6.42 Å². The molecule has 0 bridgehead atoms. The van der Waals surface area contributed by atoms with E-state index in [0.29, 0.717) is 13.0 Å². The average molecular weight is 204 g/mol. The van der Waals surface area contributed by atoms with Crippen LogP contribution in [0, 0.1) is 0 Å². The SMILES string of the molecule is C/C=C/CC(=O)OCCc1ccccc1. The summed E-state index contributed by atoms with van der Waals surface area (Å²) in [5.74, 6) is -0.163. The molecule has 2 nitrogen and oxygen atoms in total. The van der Waals surface area contributed by atoms with Gasteiger partial charge in [-0.1, -0.05) is 42.5 Å². The number of hydrogen-bond donors (Lipinski definition) is 0. The number of rotatable bonds is 5. The van der Waals surface area contributed by atoms with Crippen molar-refractivity contribution in [1.29, 1.82) is 0 Å². The monoisotopic (exact) mass is 204 g/mol. The van der Waals surface area contributed by atoms with E-state index in [1.807, 2.05) is 43.3 Å². The summed E-state index contributed by atoms with van der Waals surface area (Å²) in [4.78, 5) is 11.1. The number of hydrogen-bond acceptors (Lipinski definition) is 2. The highest BCUT2D eigenvalue weighted by molar-refractivity contribution is 5.71. The van der Waals surface area contributed by atoms with E-state index in [0.717, 1.165) is 6.42 Å². The van der Waals surface area contributed by atoms with Crippen molar-refractivity contribution >= 4 is 5.97 Å². The van der Waals surface area contributed by atoms with Crippen molar-refractivity contribution in [2.45, 2.75) is 19.8 Å². The maximum Gasteiger partial charge on any atom is 0.309 e. The van der Waals surface area contributed by atoms with Gasteiger partial charge in [0.15, 0.2) is 0 Å². The predicted octanol–water partition coefficient (Wildman–Crippen LogP) is 2.74. The second kappa shape index (κ2) is 6.82. The van der Waals surface area contributed by atoms with Gasteiger partial charge in [-0.15, -0.1) is 0 Å². The Morgan fingerprint density at radius 3 is 2.73 bits per heavy atom. The molecule has 0 fully saturated rings. The first-order valence-corrected chi connectivity index (χ1v) is 5.13. The van der Waals surface area contributed by atoms with Crippen LogP contribution in [0.5, 0.6) is 0 Å². The third-order valence-corrected chi connectivity index (χ3v) is 2.02. The zero-order valence-electron chi connectivity index (χ0n) is 8.98. The molecular weight excluding hydrogens is 188 g/mol. The standard InChI is InChI=1S/C13H16O2/c1-2-3-9-13(14)15-11-10-12-7-5-4-6-8-12/h2-8H,9-11H2,1H3/b3-2+. The fraction of sp³-hybridized carbons (Fsp3) is 0.308. The van der Waals surface area contributed by atoms with Crippen LogP contribution in [0.25, 0.3) is 0 Å². The Labute approximate surface area is 90.6 Å². The Hall–Kier alpha value is -1.57. The smallest absolute Gasteiger partial charge is 0.309 e. The number of benzene rings is 1. The van der Waals surface area contributed by atoms with Gasteiger partial charge in [0.05, 0.1) is 13.0 Å². The highest BCUT2D eigenvalue weighted by Crippen LogP contribution is 2.00. The van der Waals surface area contributed by atoms with Crippen LogP contribution in [0.2, 0.25) is 0 Å². The molecule has 0 unspecified atom stereocenters. The summed E-state index contributed by atoms with van der Waals surface area (Å²) in [5.41, 5.74) is 1.19. The van der Waals surface area contributed by atoms with E-state index in [9.17, 15) is 4.79 Å². The van der Waals surface area contributed by atoms with Gasteiger partial charge in [-0.3, -0.25) is 4.79 Å². The third kappa shape index (κ3) is 5.01. The van der Waals surface area contributed by atoms with E-state index in [2.05, 4.69) is 0 Å². The third-order valence-electron chi connectivity index (χ3n) is 2.02. The molecule has 2 heteroatoms. The maximum absolute atomic E-state index is 11.1. The van der Waals surface area contributed by atoms with E-state index >= 15 is 0 Å². The van der Waals surface area contributed by atoms with Crippen LogP contribution in [0.15, 0.2) is 42.5 Å². The van der Waals surface area contributed by atoms with E-state index < -0.39 is 0 Å². The fourth-order valence-corrected chi connectivity index (χ4v) is 1.20. The van der Waals surface area contributed by atoms with E-state index in [1.54, 1.807) is 6.08 Å². The molecule has 0 saturated carbocycles. The molecule has 80 valence electrons. The summed E-state index contributed by atoms with van der Waals surface area (Å²) in [6, 6.07) is 10.00. The van der Waals surface area contributed by atoms with Gasteiger partial charge in [0.2, 0.25) is 0 Å². The molecule has 0 N–H and O–H groups in total. The largest absolute Gasteiger partial charge is 0.465 e. The number of ether oxygens (including phenoxy) is 1. The van der Waals surface area contributed by atoms with Gasteiger partial charge in [-0.25, -0.2) is 0 Å². The molecule has 0 atom stereocenters. The second-order valence-corrected chi connectivity index (χ2v) is 3.23. The predicted molar refractivity (Wildman–Crippen MR) is 60.5 cm³/mol. The Bertz CT molecular complexity index is 315. The Morgan fingerprint density at radius 1 is 1.33 bits per heavy atom. The molecule has 1 aromatic carbocycles. The highest BCUT2D eigenvalue weighted by atomic mass is 16.5. The van der Waals surface area contributed by atoms with Crippen LogP contribution in [-0.2, 0) is 16.0 Å². The van der Waals surface area contributed by atoms with Gasteiger partial charge in [-0.05, 0) is 12.5 Å². The Kier molecular flexibility index (Phi) is 5.23. The molecule has 0 aliphatic heterocycles. The quantitative estimate of drug-likeness (QED) is 0.544. The molecule has 0 amide bonds. The first-order valence-electron chi connectivity index (χ1n) is 5.13. The van der Waals surface area contributed by atoms with Gasteiger partial charge in [0.1, 0.15) is 0 Å². The summed E-state index contributed by atoms with van der Waals surface area (Å²) in [6.45, 7) is 2.34. The highest BCUT2D eigenvalue weighted by Gasteiger charge is 1.99. The first-order chi connectivity index (χ1) is 7.33. The van der Waals surface area contributed by atoms with E-state index in [-0.39, 0.29) is 5.97 Å². The minimum atomic E-state index is -0.163. The van der Waals surface area contributed by atoms with Crippen LogP contribution < -0.4 is 0 Å². The number of carbonyl (C=O) groups is 1. The van der Waals surface area contributed by atoms with Gasteiger partial charge in [0.25, 0.3) is 0 Å². The zero-order valence-corrected chi connectivity index (χ0v) is 8.98. The number of allylic oxidation sites excluding steroid dienone is 1. The average Bonchev–Trinajstić information content (AvgIpc) is 2.28. The van der Waals surface area contributed by atoms with Crippen molar-refractivity contribution in [2.24, 2.45) is 0 Å². The number of carbonyl (C=O) groups excluding carboxylic acids is 1. The molecular formula is C13H16O2. The molecule has 0 spiro atoms. The molecule has 0 saturated heterocycles. The fourth-order valence-electron chi connectivity index (χ4n) is 1.20. The van der Waals surface area contributed by atoms with Gasteiger partial charge >= 0.3 is 5.97 Å². The molecule has 1 aromatic rings. The molecule has 15 heavy (non-hydrogen) atoms. The lowest BCUT2D eigenvalue weighted by molar-refractivity contribution is -0.142. The molecule has 0 aromatic heterocycles. The zero-order chi connectivity index (χ0) is 10.9. The lowest BCUT2D eigenvalue weighted by atomic mass is 10.2. The topological polar surface area (TPSA) is 26.3 Å². The van der Waals surface area contributed by atoms with Gasteiger partial charge < -0.3 is 4.74 Å². The van der Waals surface area contributed by atoms with Crippen molar-refractivity contribution in [1.82, 2.24) is 0 Å². The van der Waals surface area contributed by atoms with Crippen LogP contribution >= 0.6 is 0 Å². The van der Waals surface area contributed by atoms with Crippen LogP contribution in [0.1, 0.15) is 18.9 Å². The van der Waals surface area contributed by atoms with Gasteiger partial charge in [-0.2, -0.15) is 0 Å². The minimum Gasteiger partial charge on any atom is -0.465 e. The maximum atomic E-state index is 11.1. The Balaban J connectivity index is 2.19. The lowest BCUT2D eigenvalue weighted by Gasteiger charge is -2.02. The molecule has 1 rings (SSSR count). The summed E-state index contributed by atoms with van der Waals surface area (Å²) < 4.78 is 5.06. The van der Waals surface area contributed by atoms with Crippen LogP contribution in [0.4, 0.5) is 0 Å². The van der Waals surface area contributed by atoms with Crippen molar-refractivity contribution in [3.8, 4) is 0 Å². The molecule has 0 aliphatic carbocycles. The van der Waals surface area contributed by atoms with Crippen LogP contribution in [0.3, 0.4) is 0 Å². The van der Waals surface area contributed by atoms with Crippen molar-refractivity contribution in [3.05, 3.63) is 48.0 Å². The minimum absolute atomic E-state index is 0.163. The molecule has 0 radical (unpaired) electrons. The Morgan fingerprint density at radius 2 is 2.07 bits per heavy atom. The van der Waals surface area contributed by atoms with Crippen molar-refractivity contribution in [3.63, 3.8) is 0 Å². The second-order valence-electron chi connectivity index (χ2n) is 3.23. The molecule has 0 heterocycles. The summed E-state index contributed by atoms with van der Waals surface area (Å²) in [5, 5.41) is 0. The van der Waals surface area contributed by atoms with Crippen LogP contribution in [-0.4, -0.2) is 12.6 Å². The first kappa shape index (κ1) is 11.5. The van der Waals surface area contributed by atoms with E-state index in [4.69, 9.17) is 4.74 Å². The summed E-state index contributed by atoms with van der Waals surface area (Å²) >= 11 is 0. The van der Waals surface area contributed by atoms with E-state index in [1.165, 1.54) is 5.56 Å². The number of esters is 1. The summed E-state index contributed by atoms with van der Waals surface area (Å²) in [7, 11) is 0. The van der Waals surface area contributed by atoms with Crippen molar-refractivity contribution in [2.75, 3.05) is 6.61 Å². The normalized spacial score (nSPS) is 10.5. The van der Waals surface area contributed by atoms with Crippen molar-refractivity contribution < 1.29 is 9.53 Å². The molecule has 0 aliphatic rings. The lowest BCUT2D eigenvalue weighted by Crippen LogP contribution is -2.06. The summed E-state index contributed by atoms with van der Waals surface area (Å²) in [6.07, 6.45) is 4.79.